The molecule has 0 unspecified atom stereocenters. The van der Waals surface area contributed by atoms with Crippen LogP contribution in [0.1, 0.15) is 26.7 Å². The highest BCUT2D eigenvalue weighted by molar-refractivity contribution is 8.02. The van der Waals surface area contributed by atoms with E-state index in [1.54, 1.807) is 6.20 Å². The number of benzene rings is 3. The monoisotopic (exact) mass is 456 g/mol. The van der Waals surface area contributed by atoms with Crippen LogP contribution in [0.3, 0.4) is 0 Å². The number of anilines is 1. The van der Waals surface area contributed by atoms with Crippen LogP contribution in [0.15, 0.2) is 95.5 Å². The molecule has 0 amide bonds. The maximum Gasteiger partial charge on any atom is 0.206 e. The fourth-order valence-electron chi connectivity index (χ4n) is 3.52. The summed E-state index contributed by atoms with van der Waals surface area (Å²) < 4.78 is 0.752. The summed E-state index contributed by atoms with van der Waals surface area (Å²) in [6.07, 6.45) is 1.80. The summed E-state index contributed by atoms with van der Waals surface area (Å²) in [5, 5.41) is 13.2. The van der Waals surface area contributed by atoms with Gasteiger partial charge in [-0.2, -0.15) is 0 Å². The quantitative estimate of drug-likeness (QED) is 0.210. The molecule has 32 heavy (non-hydrogen) atoms. The van der Waals surface area contributed by atoms with Gasteiger partial charge in [-0.15, -0.1) is 10.2 Å². The average molecular weight is 457 g/mol. The number of Topliss-reactive ketones (excluding diaryl/α,β-unsaturated/α-hetero) is 1. The Balaban J connectivity index is 1.39. The lowest BCUT2D eigenvalue weighted by Gasteiger charge is -2.14. The van der Waals surface area contributed by atoms with E-state index in [4.69, 9.17) is 0 Å². The molecule has 7 heteroatoms. The maximum atomic E-state index is 13.6. The van der Waals surface area contributed by atoms with Crippen LogP contribution >= 0.6 is 23.1 Å². The number of hydrogen-bond donors (Lipinski definition) is 2. The standard InChI is InChI=1S/C25H20N4OS2/c30-22(20-16-26-21-14-8-7-13-19(20)21)23(18-11-5-2-6-12-18)31-25-29-28-24(32-25)27-15-17-9-3-1-4-10-17/h1-14,16,23,26H,15H2,(H,27,28)/t23-/m0/s1. The van der Waals surface area contributed by atoms with Crippen LogP contribution in [0.5, 0.6) is 0 Å². The number of aromatic nitrogens is 3. The smallest absolute Gasteiger partial charge is 0.206 e. The highest BCUT2D eigenvalue weighted by atomic mass is 32.2. The van der Waals surface area contributed by atoms with Gasteiger partial charge in [0.1, 0.15) is 5.25 Å². The third kappa shape index (κ3) is 4.44. The van der Waals surface area contributed by atoms with Crippen LogP contribution in [0, 0.1) is 0 Å². The molecule has 5 rings (SSSR count). The molecule has 0 aliphatic carbocycles. The van der Waals surface area contributed by atoms with Gasteiger partial charge in [-0.05, 0) is 17.2 Å². The number of aromatic amines is 1. The van der Waals surface area contributed by atoms with Crippen molar-refractivity contribution >= 4 is 44.9 Å². The van der Waals surface area contributed by atoms with Crippen molar-refractivity contribution in [3.05, 3.63) is 108 Å². The number of rotatable bonds is 8. The zero-order chi connectivity index (χ0) is 21.8. The van der Waals surface area contributed by atoms with Crippen molar-refractivity contribution in [1.82, 2.24) is 15.2 Å². The summed E-state index contributed by atoms with van der Waals surface area (Å²) in [6, 6.07) is 27.9. The lowest BCUT2D eigenvalue weighted by molar-refractivity contribution is 0.0991. The Morgan fingerprint density at radius 1 is 0.938 bits per heavy atom. The first-order valence-electron chi connectivity index (χ1n) is 10.2. The van der Waals surface area contributed by atoms with E-state index < -0.39 is 5.25 Å². The van der Waals surface area contributed by atoms with Crippen molar-refractivity contribution in [2.24, 2.45) is 0 Å². The predicted octanol–water partition coefficient (Wildman–Crippen LogP) is 6.35. The van der Waals surface area contributed by atoms with Gasteiger partial charge in [0.15, 0.2) is 10.1 Å². The van der Waals surface area contributed by atoms with E-state index in [0.29, 0.717) is 12.1 Å². The summed E-state index contributed by atoms with van der Waals surface area (Å²) in [5.74, 6) is 0.0487. The molecule has 0 aliphatic heterocycles. The number of fused-ring (bicyclic) bond motifs is 1. The Labute approximate surface area is 193 Å². The van der Waals surface area contributed by atoms with Crippen LogP contribution < -0.4 is 5.32 Å². The Hall–Kier alpha value is -3.42. The number of nitrogens with one attached hydrogen (secondary N) is 2. The van der Waals surface area contributed by atoms with Crippen molar-refractivity contribution in [3.63, 3.8) is 0 Å². The van der Waals surface area contributed by atoms with Crippen LogP contribution in [-0.2, 0) is 6.54 Å². The second kappa shape index (κ2) is 9.38. The first kappa shape index (κ1) is 20.5. The number of ketones is 1. The number of nitrogens with zero attached hydrogens (tertiary/aromatic N) is 2. The molecule has 2 aromatic heterocycles. The van der Waals surface area contributed by atoms with E-state index >= 15 is 0 Å². The minimum absolute atomic E-state index is 0.0487. The molecular formula is C25H20N4OS2. The van der Waals surface area contributed by atoms with E-state index in [2.05, 4.69) is 32.6 Å². The second-order valence-corrected chi connectivity index (χ2v) is 9.56. The third-order valence-corrected chi connectivity index (χ3v) is 7.33. The molecule has 0 radical (unpaired) electrons. The zero-order valence-electron chi connectivity index (χ0n) is 17.1. The fraction of sp³-hybridized carbons (Fsp3) is 0.0800. The molecule has 0 saturated carbocycles. The van der Waals surface area contributed by atoms with E-state index in [9.17, 15) is 4.79 Å². The van der Waals surface area contributed by atoms with Gasteiger partial charge in [-0.25, -0.2) is 0 Å². The molecule has 0 aliphatic rings. The molecule has 5 nitrogen and oxygen atoms in total. The second-order valence-electron chi connectivity index (χ2n) is 7.23. The topological polar surface area (TPSA) is 70.7 Å². The highest BCUT2D eigenvalue weighted by Gasteiger charge is 2.27. The number of carbonyl (C=O) groups is 1. The largest absolute Gasteiger partial charge is 0.360 e. The summed E-state index contributed by atoms with van der Waals surface area (Å²) in [4.78, 5) is 16.9. The van der Waals surface area contributed by atoms with Crippen LogP contribution in [-0.4, -0.2) is 21.0 Å². The van der Waals surface area contributed by atoms with Gasteiger partial charge in [-0.3, -0.25) is 4.79 Å². The van der Waals surface area contributed by atoms with E-state index in [0.717, 1.165) is 25.9 Å². The molecule has 1 atom stereocenters. The molecule has 5 aromatic rings. The van der Waals surface area contributed by atoms with Crippen LogP contribution in [0.4, 0.5) is 5.13 Å². The number of para-hydroxylation sites is 1. The van der Waals surface area contributed by atoms with E-state index in [1.807, 2.05) is 72.8 Å². The minimum atomic E-state index is -0.412. The van der Waals surface area contributed by atoms with Gasteiger partial charge in [0.25, 0.3) is 0 Å². The van der Waals surface area contributed by atoms with Crippen molar-refractivity contribution in [2.45, 2.75) is 16.1 Å². The highest BCUT2D eigenvalue weighted by Crippen LogP contribution is 2.40. The van der Waals surface area contributed by atoms with Crippen molar-refractivity contribution < 1.29 is 4.79 Å². The molecule has 0 fully saturated rings. The molecule has 0 saturated heterocycles. The number of H-pyrrole nitrogens is 1. The number of thioether (sulfide) groups is 1. The molecule has 0 bridgehead atoms. The maximum absolute atomic E-state index is 13.6. The minimum Gasteiger partial charge on any atom is -0.360 e. The summed E-state index contributed by atoms with van der Waals surface area (Å²) in [5.41, 5.74) is 3.76. The van der Waals surface area contributed by atoms with Gasteiger partial charge in [0, 0.05) is 29.2 Å². The lowest BCUT2D eigenvalue weighted by atomic mass is 10.0. The van der Waals surface area contributed by atoms with Gasteiger partial charge in [0.05, 0.1) is 0 Å². The van der Waals surface area contributed by atoms with E-state index in [1.165, 1.54) is 28.7 Å². The summed E-state index contributed by atoms with van der Waals surface area (Å²) in [7, 11) is 0. The normalized spacial score (nSPS) is 12.0. The zero-order valence-corrected chi connectivity index (χ0v) is 18.7. The Kier molecular flexibility index (Phi) is 6.00. The first-order valence-corrected chi connectivity index (χ1v) is 11.9. The SMILES string of the molecule is O=C(c1c[nH]c2ccccc12)[C@@H](Sc1nnc(NCc2ccccc2)s1)c1ccccc1. The van der Waals surface area contributed by atoms with Crippen molar-refractivity contribution in [1.29, 1.82) is 0 Å². The Bertz CT molecular complexity index is 1330. The van der Waals surface area contributed by atoms with Gasteiger partial charge >= 0.3 is 0 Å². The molecule has 2 heterocycles. The van der Waals surface area contributed by atoms with Crippen molar-refractivity contribution in [3.8, 4) is 0 Å². The molecule has 158 valence electrons. The predicted molar refractivity (Wildman–Crippen MR) is 131 cm³/mol. The van der Waals surface area contributed by atoms with Gasteiger partial charge in [0.2, 0.25) is 5.13 Å². The Morgan fingerprint density at radius 2 is 1.66 bits per heavy atom. The lowest BCUT2D eigenvalue weighted by Crippen LogP contribution is -2.09. The van der Waals surface area contributed by atoms with Gasteiger partial charge in [-0.1, -0.05) is 102 Å². The summed E-state index contributed by atoms with van der Waals surface area (Å²) in [6.45, 7) is 0.677. The van der Waals surface area contributed by atoms with Crippen LogP contribution in [0.25, 0.3) is 10.9 Å². The third-order valence-electron chi connectivity index (χ3n) is 5.11. The van der Waals surface area contributed by atoms with Crippen LogP contribution in [0.2, 0.25) is 0 Å². The number of hydrogen-bond acceptors (Lipinski definition) is 6. The molecule has 2 N–H and O–H groups in total. The average Bonchev–Trinajstić information content (AvgIpc) is 3.49. The van der Waals surface area contributed by atoms with Crippen molar-refractivity contribution in [2.75, 3.05) is 5.32 Å². The molecule has 3 aromatic carbocycles. The fourth-order valence-corrected chi connectivity index (χ4v) is 5.53. The molecular weight excluding hydrogens is 436 g/mol. The number of carbonyl (C=O) groups excluding carboxylic acids is 1. The van der Waals surface area contributed by atoms with Gasteiger partial charge < -0.3 is 10.3 Å². The summed E-state index contributed by atoms with van der Waals surface area (Å²) >= 11 is 2.90. The van der Waals surface area contributed by atoms with E-state index in [-0.39, 0.29) is 5.78 Å². The molecule has 0 spiro atoms. The Morgan fingerprint density at radius 3 is 2.47 bits per heavy atom. The first-order chi connectivity index (χ1) is 15.8.